The van der Waals surface area contributed by atoms with E-state index in [1.807, 2.05) is 0 Å². The molecule has 0 unspecified atom stereocenters. The molecule has 242 valence electrons. The summed E-state index contributed by atoms with van der Waals surface area (Å²) in [7, 11) is 11.2. The average molecular weight is 742 g/mol. The number of rotatable bonds is 11. The first-order valence-electron chi connectivity index (χ1n) is 15.6. The molecule has 0 aliphatic heterocycles. The number of ether oxygens (including phenoxy) is 2. The summed E-state index contributed by atoms with van der Waals surface area (Å²) >= 11 is 2.22. The van der Waals surface area contributed by atoms with E-state index in [1.54, 1.807) is 0 Å². The Morgan fingerprint density at radius 3 is 1.74 bits per heavy atom. The van der Waals surface area contributed by atoms with Crippen LogP contribution in [0.5, 0.6) is 11.5 Å². The zero-order valence-corrected chi connectivity index (χ0v) is 31.1. The quantitative estimate of drug-likeness (QED) is 0.0753. The van der Waals surface area contributed by atoms with E-state index in [2.05, 4.69) is 176 Å². The molecule has 0 saturated heterocycles. The maximum atomic E-state index is 6.60. The molecule has 0 aliphatic rings. The molecule has 0 aliphatic carbocycles. The molecule has 46 heavy (non-hydrogen) atoms. The van der Waals surface area contributed by atoms with Crippen molar-refractivity contribution in [1.29, 1.82) is 0 Å². The van der Waals surface area contributed by atoms with Gasteiger partial charge in [-0.2, -0.15) is 6.07 Å². The molecule has 0 atom stereocenters. The molecular weight excluding hydrogens is 698 g/mol. The van der Waals surface area contributed by atoms with Gasteiger partial charge in [-0.15, -0.1) is 23.3 Å². The summed E-state index contributed by atoms with van der Waals surface area (Å²) in [6.45, 7) is 9.86. The maximum absolute atomic E-state index is 6.60. The Balaban J connectivity index is 0.00000204. The third-order valence-corrected chi connectivity index (χ3v) is 10.2. The topological polar surface area (TPSA) is 24.9 Å². The second kappa shape index (κ2) is 14.9. The van der Waals surface area contributed by atoms with E-state index in [1.165, 1.54) is 48.6 Å². The van der Waals surface area contributed by atoms with Gasteiger partial charge in [-0.3, -0.25) is 0 Å². The third-order valence-electron chi connectivity index (χ3n) is 8.13. The SMILES string of the molecule is CN(C)Cc1[c-]c(CN(C)C)cc(OCc2cc(COc3ccc4ccc5cccc6ccc3c4c56)cc([Si](C)(C)C)c2)c1.[Cl][Pd+]. The van der Waals surface area contributed by atoms with E-state index in [4.69, 9.17) is 9.47 Å². The van der Waals surface area contributed by atoms with Crippen molar-refractivity contribution >= 4 is 55.1 Å². The molecule has 0 fully saturated rings. The van der Waals surface area contributed by atoms with Gasteiger partial charge in [0.15, 0.2) is 0 Å². The van der Waals surface area contributed by atoms with Crippen LogP contribution in [0, 0.1) is 6.07 Å². The molecule has 0 N–H and O–H groups in total. The standard InChI is InChI=1S/C39H43N2O2Si.ClH.Pd/c1-40(2)23-27-17-28(24-41(3)4)20-34(19-27)42-25-29-18-30(22-35(21-29)44(5,6)7)26-43-37-16-14-33-12-11-31-9-8-10-32-13-15-36(37)39(33)38(31)32;;/h8-16,18-22H,23-26H2,1-7H3;1H;/q-1;;+2/p-1. The fourth-order valence-corrected chi connectivity index (χ4v) is 7.36. The second-order valence-corrected chi connectivity index (χ2v) is 18.7. The summed E-state index contributed by atoms with van der Waals surface area (Å²) < 4.78 is 13.1. The van der Waals surface area contributed by atoms with Gasteiger partial charge in [0.25, 0.3) is 0 Å². The number of halogens is 1. The summed E-state index contributed by atoms with van der Waals surface area (Å²) in [5.41, 5.74) is 4.64. The summed E-state index contributed by atoms with van der Waals surface area (Å²) in [4.78, 5) is 4.33. The van der Waals surface area contributed by atoms with Crippen LogP contribution in [0.15, 0.2) is 84.9 Å². The number of hydrogen-bond acceptors (Lipinski definition) is 4. The molecule has 0 heterocycles. The van der Waals surface area contributed by atoms with E-state index < -0.39 is 8.07 Å². The van der Waals surface area contributed by atoms with Crippen LogP contribution >= 0.6 is 9.53 Å². The van der Waals surface area contributed by atoms with Gasteiger partial charge >= 0.3 is 27.7 Å². The predicted octanol–water partition coefficient (Wildman–Crippen LogP) is 8.90. The average Bonchev–Trinajstić information content (AvgIpc) is 3.01. The van der Waals surface area contributed by atoms with E-state index in [9.17, 15) is 0 Å². The number of nitrogens with zero attached hydrogens (tertiary/aromatic N) is 2. The molecule has 0 bridgehead atoms. The first-order valence-corrected chi connectivity index (χ1v) is 21.1. The number of hydrogen-bond donors (Lipinski definition) is 0. The molecule has 6 aromatic carbocycles. The second-order valence-electron chi connectivity index (χ2n) is 13.6. The summed E-state index contributed by atoms with van der Waals surface area (Å²) in [6.07, 6.45) is 0. The van der Waals surface area contributed by atoms with Gasteiger partial charge in [0, 0.05) is 29.6 Å². The van der Waals surface area contributed by atoms with Crippen LogP contribution in [0.3, 0.4) is 0 Å². The van der Waals surface area contributed by atoms with Crippen LogP contribution in [0.4, 0.5) is 0 Å². The van der Waals surface area contributed by atoms with Crippen molar-refractivity contribution < 1.29 is 27.7 Å². The normalized spacial score (nSPS) is 11.9. The zero-order valence-electron chi connectivity index (χ0n) is 27.8. The van der Waals surface area contributed by atoms with Crippen LogP contribution in [0.1, 0.15) is 22.3 Å². The summed E-state index contributed by atoms with van der Waals surface area (Å²) in [5.74, 6) is 1.82. The predicted molar refractivity (Wildman–Crippen MR) is 194 cm³/mol. The molecule has 7 heteroatoms. The van der Waals surface area contributed by atoms with Crippen LogP contribution in [-0.2, 0) is 44.5 Å². The molecule has 0 spiro atoms. The monoisotopic (exact) mass is 740 g/mol. The molecule has 4 nitrogen and oxygen atoms in total. The molecule has 0 radical (unpaired) electrons. The van der Waals surface area contributed by atoms with Crippen molar-refractivity contribution in [2.75, 3.05) is 28.2 Å². The van der Waals surface area contributed by atoms with E-state index in [0.717, 1.165) is 35.7 Å². The fourth-order valence-electron chi connectivity index (χ4n) is 6.12. The van der Waals surface area contributed by atoms with Crippen molar-refractivity contribution in [1.82, 2.24) is 9.80 Å². The van der Waals surface area contributed by atoms with Gasteiger partial charge < -0.3 is 19.3 Å². The minimum atomic E-state index is -1.58. The van der Waals surface area contributed by atoms with Gasteiger partial charge in [-0.25, -0.2) is 0 Å². The Hall–Kier alpha value is -2.95. The van der Waals surface area contributed by atoms with Crippen molar-refractivity contribution in [3.05, 3.63) is 113 Å². The van der Waals surface area contributed by atoms with E-state index in [-0.39, 0.29) is 0 Å². The first kappa shape index (κ1) is 34.4. The van der Waals surface area contributed by atoms with E-state index >= 15 is 0 Å². The van der Waals surface area contributed by atoms with Gasteiger partial charge in [-0.1, -0.05) is 79.4 Å². The molecule has 6 aromatic rings. The third kappa shape index (κ3) is 8.12. The molecule has 0 saturated carbocycles. The van der Waals surface area contributed by atoms with Crippen LogP contribution in [0.2, 0.25) is 19.6 Å². The minimum absolute atomic E-state index is 0.509. The van der Waals surface area contributed by atoms with Crippen molar-refractivity contribution in [3.8, 4) is 11.5 Å². The Morgan fingerprint density at radius 1 is 0.652 bits per heavy atom. The summed E-state index contributed by atoms with van der Waals surface area (Å²) in [5, 5.41) is 8.96. The molecule has 0 aromatic heterocycles. The van der Waals surface area contributed by atoms with Crippen LogP contribution in [0.25, 0.3) is 32.3 Å². The molecular formula is C39H43ClN2O2PdSi. The van der Waals surface area contributed by atoms with Crippen molar-refractivity contribution in [2.24, 2.45) is 0 Å². The Morgan fingerprint density at radius 2 is 1.17 bits per heavy atom. The number of benzene rings is 6. The van der Waals surface area contributed by atoms with Gasteiger partial charge in [-0.05, 0) is 79.1 Å². The zero-order chi connectivity index (χ0) is 33.0. The Kier molecular flexibility index (Phi) is 11.1. The van der Waals surface area contributed by atoms with E-state index in [0.29, 0.717) is 13.2 Å². The molecule has 6 rings (SSSR count). The Labute approximate surface area is 290 Å². The molecule has 0 amide bonds. The van der Waals surface area contributed by atoms with Gasteiger partial charge in [0.1, 0.15) is 19.0 Å². The first-order chi connectivity index (χ1) is 22.0. The van der Waals surface area contributed by atoms with Crippen molar-refractivity contribution in [2.45, 2.75) is 45.9 Å². The fraction of sp³-hybridized carbons (Fsp3) is 0.282. The van der Waals surface area contributed by atoms with Gasteiger partial charge in [0.05, 0.1) is 8.07 Å². The van der Waals surface area contributed by atoms with Crippen molar-refractivity contribution in [3.63, 3.8) is 0 Å². The Bertz CT molecular complexity index is 1890. The van der Waals surface area contributed by atoms with Crippen LogP contribution in [-0.4, -0.2) is 46.1 Å². The van der Waals surface area contributed by atoms with Crippen LogP contribution < -0.4 is 14.7 Å². The van der Waals surface area contributed by atoms with Gasteiger partial charge in [0.2, 0.25) is 0 Å². The summed E-state index contributed by atoms with van der Waals surface area (Å²) in [6, 6.07) is 34.4.